The first-order chi connectivity index (χ1) is 27.2. The van der Waals surface area contributed by atoms with Gasteiger partial charge in [-0.2, -0.15) is 0 Å². The molecule has 2 atom stereocenters. The molecule has 3 N–H and O–H groups in total. The van der Waals surface area contributed by atoms with E-state index in [0.29, 0.717) is 38.6 Å². The molecule has 308 valence electrons. The molecule has 56 heavy (non-hydrogen) atoms. The van der Waals surface area contributed by atoms with Crippen molar-refractivity contribution in [2.45, 2.75) is 129 Å². The first-order valence-electron chi connectivity index (χ1n) is 20.3. The highest BCUT2D eigenvalue weighted by molar-refractivity contribution is 5.87. The smallest absolute Gasteiger partial charge is 0.407 e. The number of carbonyl (C=O) groups excluding carboxylic acids is 6. The van der Waals surface area contributed by atoms with Gasteiger partial charge in [-0.15, -0.1) is 0 Å². The molecule has 0 bridgehead atoms. The molecule has 0 aliphatic heterocycles. The monoisotopic (exact) mass is 779 g/mol. The van der Waals surface area contributed by atoms with Gasteiger partial charge in [0.2, 0.25) is 11.8 Å². The number of esters is 3. The summed E-state index contributed by atoms with van der Waals surface area (Å²) in [5, 5.41) is 8.12. The molecule has 1 aliphatic carbocycles. The van der Waals surface area contributed by atoms with Gasteiger partial charge in [0.15, 0.2) is 0 Å². The predicted octanol–water partition coefficient (Wildman–Crippen LogP) is 6.65. The van der Waals surface area contributed by atoms with Crippen LogP contribution in [0.15, 0.2) is 48.5 Å². The average molecular weight is 780 g/mol. The van der Waals surface area contributed by atoms with Gasteiger partial charge in [-0.05, 0) is 67.2 Å². The van der Waals surface area contributed by atoms with Crippen molar-refractivity contribution >= 4 is 35.8 Å². The van der Waals surface area contributed by atoms with Crippen LogP contribution in [0.5, 0.6) is 0 Å². The van der Waals surface area contributed by atoms with E-state index >= 15 is 0 Å². The van der Waals surface area contributed by atoms with Crippen LogP contribution in [-0.4, -0.2) is 80.9 Å². The lowest BCUT2D eigenvalue weighted by molar-refractivity contribution is -0.150. The van der Waals surface area contributed by atoms with Crippen molar-refractivity contribution in [1.29, 1.82) is 0 Å². The summed E-state index contributed by atoms with van der Waals surface area (Å²) in [7, 11) is 0. The molecule has 3 amide bonds. The molecule has 0 heterocycles. The molecule has 3 rings (SSSR count). The Morgan fingerprint density at radius 3 is 1.62 bits per heavy atom. The van der Waals surface area contributed by atoms with Gasteiger partial charge in [0.25, 0.3) is 0 Å². The highest BCUT2D eigenvalue weighted by Crippen LogP contribution is 2.44. The Labute approximate surface area is 331 Å². The lowest BCUT2D eigenvalue weighted by Gasteiger charge is -2.20. The fourth-order valence-electron chi connectivity index (χ4n) is 6.23. The molecule has 13 nitrogen and oxygen atoms in total. The second-order valence-corrected chi connectivity index (χ2v) is 14.0. The van der Waals surface area contributed by atoms with Gasteiger partial charge in [0, 0.05) is 31.7 Å². The van der Waals surface area contributed by atoms with E-state index in [9.17, 15) is 28.8 Å². The number of fused-ring (bicyclic) bond motifs is 3. The number of nitrogens with one attached hydrogen (secondary N) is 3. The fraction of sp³-hybridized carbons (Fsp3) is 0.581. The van der Waals surface area contributed by atoms with E-state index in [-0.39, 0.29) is 70.4 Å². The normalized spacial score (nSPS) is 12.7. The number of hydrogen-bond donors (Lipinski definition) is 3. The topological polar surface area (TPSA) is 175 Å². The molecule has 2 aromatic carbocycles. The lowest BCUT2D eigenvalue weighted by atomic mass is 9.98. The standard InChI is InChI=1S/C43H61N3O10/c1-4-7-27-53-40(49)25-23-37(42(51)55-29-9-6-3)46-39(48)24-22-36(41(50)54-28-8-5-2)45-38(47)21-11-10-16-26-44-43(52)56-30-35-33-19-14-12-17-31(33)32-18-13-15-20-34(32)35/h12-15,17-20,35-37H,4-11,16,21-30H2,1-3H3,(H,44,52)(H,45,47)(H,46,48). The minimum atomic E-state index is -1.07. The van der Waals surface area contributed by atoms with Crippen LogP contribution in [0.1, 0.15) is 128 Å². The van der Waals surface area contributed by atoms with Gasteiger partial charge in [-0.1, -0.05) is 95.0 Å². The third-order valence-corrected chi connectivity index (χ3v) is 9.48. The Morgan fingerprint density at radius 2 is 1.07 bits per heavy atom. The maximum atomic E-state index is 13.0. The zero-order chi connectivity index (χ0) is 40.5. The fourth-order valence-corrected chi connectivity index (χ4v) is 6.23. The number of hydrogen-bond acceptors (Lipinski definition) is 10. The molecule has 13 heteroatoms. The van der Waals surface area contributed by atoms with Gasteiger partial charge in [0.05, 0.1) is 19.8 Å². The average Bonchev–Trinajstić information content (AvgIpc) is 3.52. The van der Waals surface area contributed by atoms with Crippen molar-refractivity contribution < 1.29 is 47.7 Å². The first kappa shape index (κ1) is 45.4. The number of ether oxygens (including phenoxy) is 4. The van der Waals surface area contributed by atoms with Gasteiger partial charge in [-0.25, -0.2) is 14.4 Å². The summed E-state index contributed by atoms with van der Waals surface area (Å²) in [6.45, 7) is 7.16. The summed E-state index contributed by atoms with van der Waals surface area (Å²) in [5.41, 5.74) is 4.60. The summed E-state index contributed by atoms with van der Waals surface area (Å²) in [6.07, 6.45) is 5.64. The molecule has 0 aromatic heterocycles. The van der Waals surface area contributed by atoms with Crippen LogP contribution in [0.2, 0.25) is 0 Å². The van der Waals surface area contributed by atoms with Gasteiger partial charge < -0.3 is 34.9 Å². The molecular weight excluding hydrogens is 718 g/mol. The van der Waals surface area contributed by atoms with Gasteiger partial charge in [-0.3, -0.25) is 14.4 Å². The van der Waals surface area contributed by atoms with Gasteiger partial charge >= 0.3 is 24.0 Å². The first-order valence-corrected chi connectivity index (χ1v) is 20.3. The van der Waals surface area contributed by atoms with Crippen LogP contribution in [0, 0.1) is 0 Å². The van der Waals surface area contributed by atoms with Crippen LogP contribution in [0.4, 0.5) is 4.79 Å². The zero-order valence-corrected chi connectivity index (χ0v) is 33.4. The highest BCUT2D eigenvalue weighted by atomic mass is 16.6. The number of alkyl carbamates (subject to hydrolysis) is 1. The number of carbonyl (C=O) groups is 6. The van der Waals surface area contributed by atoms with Crippen LogP contribution in [0.25, 0.3) is 11.1 Å². The van der Waals surface area contributed by atoms with Crippen molar-refractivity contribution in [3.63, 3.8) is 0 Å². The summed E-state index contributed by atoms with van der Waals surface area (Å²) in [5.74, 6) is -2.69. The molecule has 1 aliphatic rings. The second-order valence-electron chi connectivity index (χ2n) is 14.0. The Bertz CT molecular complexity index is 1520. The minimum absolute atomic E-state index is 0.00208. The number of benzene rings is 2. The Balaban J connectivity index is 1.41. The summed E-state index contributed by atoms with van der Waals surface area (Å²) >= 11 is 0. The number of rotatable bonds is 27. The van der Waals surface area contributed by atoms with Crippen LogP contribution < -0.4 is 16.0 Å². The Kier molecular flexibility index (Phi) is 21.1. The lowest BCUT2D eigenvalue weighted by Crippen LogP contribution is -2.45. The van der Waals surface area contributed by atoms with E-state index in [4.69, 9.17) is 18.9 Å². The molecule has 2 unspecified atom stereocenters. The quantitative estimate of drug-likeness (QED) is 0.0506. The third-order valence-electron chi connectivity index (χ3n) is 9.48. The van der Waals surface area contributed by atoms with Crippen molar-refractivity contribution in [2.75, 3.05) is 33.0 Å². The van der Waals surface area contributed by atoms with Crippen molar-refractivity contribution in [2.24, 2.45) is 0 Å². The van der Waals surface area contributed by atoms with E-state index in [1.807, 2.05) is 45.0 Å². The summed E-state index contributed by atoms with van der Waals surface area (Å²) in [4.78, 5) is 76.2. The molecule has 0 radical (unpaired) electrons. The van der Waals surface area contributed by atoms with Crippen molar-refractivity contribution in [1.82, 2.24) is 16.0 Å². The van der Waals surface area contributed by atoms with Crippen LogP contribution >= 0.6 is 0 Å². The second kappa shape index (κ2) is 26.0. The maximum absolute atomic E-state index is 13.0. The predicted molar refractivity (Wildman–Crippen MR) is 211 cm³/mol. The largest absolute Gasteiger partial charge is 0.466 e. The van der Waals surface area contributed by atoms with Crippen molar-refractivity contribution in [3.05, 3.63) is 59.7 Å². The molecule has 2 aromatic rings. The molecule has 0 saturated carbocycles. The van der Waals surface area contributed by atoms with E-state index in [2.05, 4.69) is 40.2 Å². The van der Waals surface area contributed by atoms with E-state index < -0.39 is 42.0 Å². The van der Waals surface area contributed by atoms with Crippen LogP contribution in [0.3, 0.4) is 0 Å². The zero-order valence-electron chi connectivity index (χ0n) is 33.4. The van der Waals surface area contributed by atoms with E-state index in [1.54, 1.807) is 0 Å². The molecule has 0 spiro atoms. The molecule has 0 fully saturated rings. The number of unbranched alkanes of at least 4 members (excludes halogenated alkanes) is 5. The van der Waals surface area contributed by atoms with Gasteiger partial charge in [0.1, 0.15) is 18.7 Å². The van der Waals surface area contributed by atoms with E-state index in [1.165, 1.54) is 0 Å². The number of amides is 3. The SMILES string of the molecule is CCCCOC(=O)CCC(NC(=O)CCC(NC(=O)CCCCCNC(=O)OCC1c2ccccc2-c2ccccc21)C(=O)OCCCC)C(=O)OCCCC. The minimum Gasteiger partial charge on any atom is -0.466 e. The van der Waals surface area contributed by atoms with Crippen LogP contribution in [-0.2, 0) is 42.9 Å². The highest BCUT2D eigenvalue weighted by Gasteiger charge is 2.29. The third kappa shape index (κ3) is 16.0. The molecule has 0 saturated heterocycles. The molecular formula is C43H61N3O10. The Hall–Kier alpha value is -4.94. The van der Waals surface area contributed by atoms with Crippen molar-refractivity contribution in [3.8, 4) is 11.1 Å². The summed E-state index contributed by atoms with van der Waals surface area (Å²) in [6, 6.07) is 14.1. The maximum Gasteiger partial charge on any atom is 0.407 e. The Morgan fingerprint density at radius 1 is 0.571 bits per heavy atom. The summed E-state index contributed by atoms with van der Waals surface area (Å²) < 4.78 is 21.4. The van der Waals surface area contributed by atoms with E-state index in [0.717, 1.165) is 47.9 Å².